The van der Waals surface area contributed by atoms with Gasteiger partial charge in [-0.05, 0) is 93.3 Å². The summed E-state index contributed by atoms with van der Waals surface area (Å²) in [4.78, 5) is 153. The van der Waals surface area contributed by atoms with E-state index in [1.807, 2.05) is 5.32 Å². The number of carboxylic acid groups (broad SMARTS) is 8. The van der Waals surface area contributed by atoms with Gasteiger partial charge in [-0.3, -0.25) is 62.8 Å². The second-order valence-electron chi connectivity index (χ2n) is 21.3. The van der Waals surface area contributed by atoms with E-state index in [4.69, 9.17) is 17.3 Å². The van der Waals surface area contributed by atoms with Crippen LogP contribution in [0, 0.1) is 5.92 Å². The number of hydrogen-bond acceptors (Lipinski definition) is 17. The molecule has 5 atom stereocenters. The number of ketones is 1. The number of urea groups is 1. The maximum Gasteiger partial charge on any atom is 0.326 e. The summed E-state index contributed by atoms with van der Waals surface area (Å²) in [5.74, 6) is -12.4. The Balaban J connectivity index is 1.55. The number of nitrogens with one attached hydrogen (secondary N) is 6. The van der Waals surface area contributed by atoms with Crippen LogP contribution in [0.1, 0.15) is 88.2 Å². The highest BCUT2D eigenvalue weighted by Gasteiger charge is 2.31. The molecule has 3 rings (SSSR count). The molecule has 14 N–H and O–H groups in total. The molecule has 0 radical (unpaired) electrons. The number of Topliss-reactive ketones (excluding diaryl/α,β-unsaturated/α-hetero) is 1. The molecule has 88 heavy (non-hydrogen) atoms. The van der Waals surface area contributed by atoms with Gasteiger partial charge >= 0.3 is 53.8 Å². The summed E-state index contributed by atoms with van der Waals surface area (Å²) in [5.41, 5.74) is 2.10. The van der Waals surface area contributed by atoms with Crippen molar-refractivity contribution in [1.82, 2.24) is 46.2 Å². The van der Waals surface area contributed by atoms with Gasteiger partial charge in [-0.15, -0.1) is 0 Å². The monoisotopic (exact) mass is 1260 g/mol. The van der Waals surface area contributed by atoms with Crippen LogP contribution in [0.5, 0.6) is 0 Å². The molecule has 0 aliphatic carbocycles. The number of aliphatic carboxylic acids is 8. The van der Waals surface area contributed by atoms with Gasteiger partial charge in [0.25, 0.3) is 0 Å². The van der Waals surface area contributed by atoms with Crippen molar-refractivity contribution >= 4 is 94.4 Å². The number of carbonyl (C=O) groups is 12. The third-order valence-electron chi connectivity index (χ3n) is 14.2. The first-order chi connectivity index (χ1) is 41.8. The first kappa shape index (κ1) is 73.9. The van der Waals surface area contributed by atoms with Crippen molar-refractivity contribution in [2.45, 2.75) is 114 Å². The van der Waals surface area contributed by atoms with Crippen LogP contribution < -0.4 is 31.9 Å². The molecule has 30 nitrogen and oxygen atoms in total. The van der Waals surface area contributed by atoms with Gasteiger partial charge in [0.1, 0.15) is 12.1 Å². The average Bonchev–Trinajstić information content (AvgIpc) is 3.62. The van der Waals surface area contributed by atoms with Crippen molar-refractivity contribution in [2.75, 3.05) is 90.4 Å². The van der Waals surface area contributed by atoms with Crippen LogP contribution in [-0.4, -0.2) is 246 Å². The molecule has 1 unspecified atom stereocenters. The Kier molecular flexibility index (Phi) is 33.7. The summed E-state index contributed by atoms with van der Waals surface area (Å²) in [6, 6.07) is 9.96. The van der Waals surface area contributed by atoms with Crippen LogP contribution >= 0.6 is 12.2 Å². The fourth-order valence-corrected chi connectivity index (χ4v) is 9.90. The molecule has 31 heteroatoms. The molecule has 1 aliphatic rings. The number of benzene rings is 2. The topological polar surface area (TPSA) is 452 Å². The Bertz CT molecular complexity index is 2670. The van der Waals surface area contributed by atoms with Gasteiger partial charge in [0, 0.05) is 102 Å². The van der Waals surface area contributed by atoms with Crippen molar-refractivity contribution in [1.29, 1.82) is 0 Å². The fraction of sp³-hybridized carbons (Fsp3) is 0.561. The molecule has 0 aromatic heterocycles. The lowest BCUT2D eigenvalue weighted by atomic mass is 9.90. The zero-order valence-electron chi connectivity index (χ0n) is 48.8. The average molecular weight is 1260 g/mol. The number of carboxylic acids is 8. The van der Waals surface area contributed by atoms with Gasteiger partial charge in [0.05, 0.1) is 32.2 Å². The van der Waals surface area contributed by atoms with Crippen LogP contribution in [0.25, 0.3) is 0 Å². The van der Waals surface area contributed by atoms with E-state index < -0.39 is 127 Å². The molecule has 486 valence electrons. The highest BCUT2D eigenvalue weighted by Crippen LogP contribution is 2.19. The Morgan fingerprint density at radius 3 is 1.57 bits per heavy atom. The van der Waals surface area contributed by atoms with Crippen molar-refractivity contribution in [2.24, 2.45) is 5.92 Å². The van der Waals surface area contributed by atoms with E-state index in [0.29, 0.717) is 37.1 Å². The lowest BCUT2D eigenvalue weighted by Crippen LogP contribution is -2.53. The van der Waals surface area contributed by atoms with E-state index in [-0.39, 0.29) is 128 Å². The molecule has 4 amide bonds. The maximum absolute atomic E-state index is 13.9. The summed E-state index contributed by atoms with van der Waals surface area (Å²) in [6.07, 6.45) is 0.124. The van der Waals surface area contributed by atoms with Gasteiger partial charge in [-0.25, -0.2) is 14.4 Å². The number of amides is 4. The molecule has 0 bridgehead atoms. The second kappa shape index (κ2) is 40.1. The zero-order chi connectivity index (χ0) is 65.1. The quantitative estimate of drug-likeness (QED) is 0.0321. The molecular formula is C57H82N10O20S. The van der Waals surface area contributed by atoms with Gasteiger partial charge in [0.2, 0.25) is 11.8 Å². The Morgan fingerprint density at radius 1 is 0.500 bits per heavy atom. The van der Waals surface area contributed by atoms with Crippen molar-refractivity contribution in [3.05, 3.63) is 65.7 Å². The molecule has 0 saturated carbocycles. The van der Waals surface area contributed by atoms with E-state index in [0.717, 1.165) is 5.56 Å². The molecule has 1 aliphatic heterocycles. The predicted molar refractivity (Wildman–Crippen MR) is 318 cm³/mol. The molecule has 1 heterocycles. The molecule has 1 saturated heterocycles. The number of thiocarbonyl (C=S) groups is 1. The van der Waals surface area contributed by atoms with Crippen LogP contribution in [0.15, 0.2) is 54.6 Å². The fourth-order valence-electron chi connectivity index (χ4n) is 9.68. The standard InChI is InChI=1S/C57H82N10O20S/c68-45(31-39(29-37-9-3-1-4-10-37)53(82)58-21-8-6-11-43(54(83)84)62-56(87)63-44(55(85)86)18-20-48(72)73)42(17-19-47(70)71)61-46(69)12-5-2-7-22-59-57(88)60-40-15-13-38(14-16-40)30-41-32-66(35-51(78)79)26-25-64(33-49(74)75)23-24-65(34-50(76)77)27-28-67(41)36-52(80)81/h1,3-4,9-10,13-16,39,41-44H,2,5-8,11-12,17-36H2,(H,58,82)(H,61,69)(H,70,71)(H,72,73)(H,74,75)(H,76,77)(H,78,79)(H,80,81)(H,83,84)(H,85,86)(H2,59,60,88)(H2,62,63,87)/t39-,41?,42+,43+,44+/m1/s1. The smallest absolute Gasteiger partial charge is 0.326 e. The summed E-state index contributed by atoms with van der Waals surface area (Å²) >= 11 is 5.51. The summed E-state index contributed by atoms with van der Waals surface area (Å²) in [5, 5.41) is 92.2. The third kappa shape index (κ3) is 31.8. The van der Waals surface area contributed by atoms with Crippen LogP contribution in [0.3, 0.4) is 0 Å². The van der Waals surface area contributed by atoms with E-state index in [2.05, 4.69) is 26.6 Å². The number of rotatable bonds is 39. The van der Waals surface area contributed by atoms with E-state index in [1.165, 1.54) is 0 Å². The minimum absolute atomic E-state index is 0.000517. The Hall–Kier alpha value is -8.39. The zero-order valence-corrected chi connectivity index (χ0v) is 49.7. The van der Waals surface area contributed by atoms with E-state index >= 15 is 0 Å². The highest BCUT2D eigenvalue weighted by molar-refractivity contribution is 7.80. The molecule has 2 aromatic carbocycles. The summed E-state index contributed by atoms with van der Waals surface area (Å²) < 4.78 is 0. The molecule has 2 aromatic rings. The summed E-state index contributed by atoms with van der Waals surface area (Å²) in [6.45, 7) is 0.00347. The predicted octanol–water partition coefficient (Wildman–Crippen LogP) is 0.529. The van der Waals surface area contributed by atoms with Crippen molar-refractivity contribution in [3.8, 4) is 0 Å². The van der Waals surface area contributed by atoms with Gasteiger partial charge in [-0.2, -0.15) is 0 Å². The van der Waals surface area contributed by atoms with Gasteiger partial charge in [0.15, 0.2) is 10.9 Å². The third-order valence-corrected chi connectivity index (χ3v) is 14.5. The van der Waals surface area contributed by atoms with Crippen molar-refractivity contribution < 1.29 is 98.4 Å². The minimum atomic E-state index is -1.58. The number of hydrogen-bond donors (Lipinski definition) is 14. The van der Waals surface area contributed by atoms with Gasteiger partial charge in [-0.1, -0.05) is 48.9 Å². The number of carbonyl (C=O) groups excluding carboxylic acids is 4. The van der Waals surface area contributed by atoms with E-state index in [1.54, 1.807) is 74.2 Å². The molecule has 0 spiro atoms. The largest absolute Gasteiger partial charge is 0.481 e. The maximum atomic E-state index is 13.9. The first-order valence-corrected chi connectivity index (χ1v) is 29.2. The number of nitrogens with zero attached hydrogens (tertiary/aromatic N) is 4. The van der Waals surface area contributed by atoms with Gasteiger partial charge < -0.3 is 72.8 Å². The first-order valence-electron chi connectivity index (χ1n) is 28.8. The SMILES string of the molecule is O=C(O)CC[C@H](NC(=O)N[C@@H](CCCCNC(=O)[C@@H](CC(=O)[C@H](CCC(=O)O)NC(=O)CCCCCNC(=S)Nc1ccc(CC2CN(CC(=O)O)CCN(CC(=O)O)CCN(CC(=O)O)CCN2CC(=O)O)cc1)Cc1ccccc1)C(=O)O)C(=O)O. The molecule has 1 fully saturated rings. The van der Waals surface area contributed by atoms with E-state index in [9.17, 15) is 93.3 Å². The Labute approximate surface area is 513 Å². The number of anilines is 1. The second-order valence-corrected chi connectivity index (χ2v) is 21.7. The highest BCUT2D eigenvalue weighted by atomic mass is 32.1. The minimum Gasteiger partial charge on any atom is -0.481 e. The van der Waals surface area contributed by atoms with Crippen LogP contribution in [0.2, 0.25) is 0 Å². The lowest BCUT2D eigenvalue weighted by molar-refractivity contribution is -0.142. The van der Waals surface area contributed by atoms with Crippen molar-refractivity contribution in [3.63, 3.8) is 0 Å². The normalized spacial score (nSPS) is 15.9. The van der Waals surface area contributed by atoms with Crippen LogP contribution in [0.4, 0.5) is 10.5 Å². The number of unbranched alkanes of at least 4 members (excludes halogenated alkanes) is 3. The van der Waals surface area contributed by atoms with Crippen LogP contribution in [-0.2, 0) is 65.6 Å². The lowest BCUT2D eigenvalue weighted by Gasteiger charge is -2.37. The molecular weight excluding hydrogens is 1180 g/mol. The summed E-state index contributed by atoms with van der Waals surface area (Å²) in [7, 11) is 0. The Morgan fingerprint density at radius 2 is 1.01 bits per heavy atom.